The Kier molecular flexibility index (Phi) is 4.23. The molecule has 0 aliphatic carbocycles. The zero-order chi connectivity index (χ0) is 12.1. The summed E-state index contributed by atoms with van der Waals surface area (Å²) in [4.78, 5) is 0. The van der Waals surface area contributed by atoms with Crippen molar-refractivity contribution in [3.8, 4) is 11.5 Å². The van der Waals surface area contributed by atoms with E-state index in [1.54, 1.807) is 14.2 Å². The first-order valence-electron chi connectivity index (χ1n) is 5.98. The van der Waals surface area contributed by atoms with Crippen LogP contribution in [0.5, 0.6) is 11.5 Å². The van der Waals surface area contributed by atoms with E-state index in [0.29, 0.717) is 6.04 Å². The van der Waals surface area contributed by atoms with Crippen LogP contribution >= 0.6 is 0 Å². The Labute approximate surface area is 102 Å². The maximum absolute atomic E-state index is 5.38. The lowest BCUT2D eigenvalue weighted by atomic mass is 10.0. The van der Waals surface area contributed by atoms with Gasteiger partial charge in [0.1, 0.15) is 11.5 Å². The normalized spacial score (nSPS) is 20.0. The molecule has 4 nitrogen and oxygen atoms in total. The molecule has 1 atom stereocenters. The molecular weight excluding hydrogens is 216 g/mol. The van der Waals surface area contributed by atoms with Gasteiger partial charge in [0.05, 0.1) is 14.2 Å². The van der Waals surface area contributed by atoms with E-state index < -0.39 is 0 Å². The molecule has 1 aliphatic rings. The van der Waals surface area contributed by atoms with Gasteiger partial charge in [-0.2, -0.15) is 0 Å². The molecule has 2 N–H and O–H groups in total. The molecule has 1 aliphatic heterocycles. The van der Waals surface area contributed by atoms with Gasteiger partial charge in [-0.15, -0.1) is 0 Å². The van der Waals surface area contributed by atoms with Crippen LogP contribution < -0.4 is 20.1 Å². The Balaban J connectivity index is 2.11. The van der Waals surface area contributed by atoms with Crippen molar-refractivity contribution in [1.82, 2.24) is 10.6 Å². The van der Waals surface area contributed by atoms with Crippen molar-refractivity contribution in [2.45, 2.75) is 12.5 Å². The third kappa shape index (κ3) is 3.11. The number of piperazine rings is 1. The highest BCUT2D eigenvalue weighted by Crippen LogP contribution is 2.25. The lowest BCUT2D eigenvalue weighted by Crippen LogP contribution is -2.49. The van der Waals surface area contributed by atoms with E-state index >= 15 is 0 Å². The summed E-state index contributed by atoms with van der Waals surface area (Å²) in [5.74, 6) is 1.81. The third-order valence-electron chi connectivity index (χ3n) is 3.08. The van der Waals surface area contributed by atoms with Gasteiger partial charge >= 0.3 is 0 Å². The average Bonchev–Trinajstić information content (AvgIpc) is 2.40. The summed E-state index contributed by atoms with van der Waals surface area (Å²) in [6.45, 7) is 3.07. The van der Waals surface area contributed by atoms with Crippen LogP contribution in [0.4, 0.5) is 0 Å². The number of hydrogen-bond donors (Lipinski definition) is 2. The van der Waals surface area contributed by atoms with Crippen molar-refractivity contribution in [3.05, 3.63) is 23.8 Å². The molecule has 4 heteroatoms. The first-order chi connectivity index (χ1) is 8.33. The van der Waals surface area contributed by atoms with Crippen molar-refractivity contribution >= 4 is 0 Å². The van der Waals surface area contributed by atoms with E-state index in [9.17, 15) is 0 Å². The lowest BCUT2D eigenvalue weighted by molar-refractivity contribution is 0.384. The summed E-state index contributed by atoms with van der Waals surface area (Å²) in [6, 6.07) is 6.40. The van der Waals surface area contributed by atoms with E-state index in [-0.39, 0.29) is 0 Å². The Morgan fingerprint density at radius 1 is 1.24 bits per heavy atom. The molecule has 0 aromatic heterocycles. The Hall–Kier alpha value is -1.26. The van der Waals surface area contributed by atoms with Gasteiger partial charge in [-0.3, -0.25) is 0 Å². The average molecular weight is 236 g/mol. The standard InChI is InChI=1S/C13H20N2O2/c1-16-12-3-4-13(17-2)10(8-12)7-11-9-14-5-6-15-11/h3-4,8,11,14-15H,5-7,9H2,1-2H3. The molecule has 0 spiro atoms. The summed E-state index contributed by atoms with van der Waals surface area (Å²) in [5, 5.41) is 6.88. The van der Waals surface area contributed by atoms with Gasteiger partial charge < -0.3 is 20.1 Å². The SMILES string of the molecule is COc1ccc(OC)c(CC2CNCCN2)c1. The van der Waals surface area contributed by atoms with E-state index in [0.717, 1.165) is 37.6 Å². The minimum atomic E-state index is 0.463. The fourth-order valence-corrected chi connectivity index (χ4v) is 2.16. The van der Waals surface area contributed by atoms with Crippen LogP contribution in [0.2, 0.25) is 0 Å². The number of hydrogen-bond acceptors (Lipinski definition) is 4. The van der Waals surface area contributed by atoms with Crippen molar-refractivity contribution < 1.29 is 9.47 Å². The molecule has 0 radical (unpaired) electrons. The number of benzene rings is 1. The van der Waals surface area contributed by atoms with Gasteiger partial charge in [0.25, 0.3) is 0 Å². The predicted octanol–water partition coefficient (Wildman–Crippen LogP) is 0.808. The van der Waals surface area contributed by atoms with E-state index in [1.807, 2.05) is 12.1 Å². The van der Waals surface area contributed by atoms with Crippen LogP contribution in [0.15, 0.2) is 18.2 Å². The minimum absolute atomic E-state index is 0.463. The molecule has 0 amide bonds. The number of methoxy groups -OCH3 is 2. The highest BCUT2D eigenvalue weighted by molar-refractivity contribution is 5.40. The number of nitrogens with one attached hydrogen (secondary N) is 2. The van der Waals surface area contributed by atoms with Gasteiger partial charge in [-0.05, 0) is 30.2 Å². The molecule has 94 valence electrons. The molecule has 1 unspecified atom stereocenters. The Morgan fingerprint density at radius 2 is 2.12 bits per heavy atom. The Bertz CT molecular complexity index is 362. The fraction of sp³-hybridized carbons (Fsp3) is 0.538. The van der Waals surface area contributed by atoms with Gasteiger partial charge in [0.15, 0.2) is 0 Å². The summed E-state index contributed by atoms with van der Waals surface area (Å²) in [7, 11) is 3.39. The molecule has 17 heavy (non-hydrogen) atoms. The van der Waals surface area contributed by atoms with Crippen molar-refractivity contribution in [3.63, 3.8) is 0 Å². The van der Waals surface area contributed by atoms with Crippen LogP contribution in [0, 0.1) is 0 Å². The quantitative estimate of drug-likeness (QED) is 0.812. The van der Waals surface area contributed by atoms with Crippen molar-refractivity contribution in [2.24, 2.45) is 0 Å². The number of ether oxygens (including phenoxy) is 2. The van der Waals surface area contributed by atoms with E-state index in [1.165, 1.54) is 5.56 Å². The van der Waals surface area contributed by atoms with Gasteiger partial charge in [-0.25, -0.2) is 0 Å². The maximum atomic E-state index is 5.38. The smallest absolute Gasteiger partial charge is 0.122 e. The molecule has 1 fully saturated rings. The minimum Gasteiger partial charge on any atom is -0.497 e. The first-order valence-corrected chi connectivity index (χ1v) is 5.98. The second-order valence-electron chi connectivity index (χ2n) is 4.24. The topological polar surface area (TPSA) is 42.5 Å². The highest BCUT2D eigenvalue weighted by Gasteiger charge is 2.15. The summed E-state index contributed by atoms with van der Waals surface area (Å²) >= 11 is 0. The second kappa shape index (κ2) is 5.89. The third-order valence-corrected chi connectivity index (χ3v) is 3.08. The summed E-state index contributed by atoms with van der Waals surface area (Å²) in [5.41, 5.74) is 1.19. The van der Waals surface area contributed by atoms with Crippen LogP contribution in [-0.2, 0) is 6.42 Å². The van der Waals surface area contributed by atoms with Crippen molar-refractivity contribution in [1.29, 1.82) is 0 Å². The van der Waals surface area contributed by atoms with Crippen LogP contribution in [0.25, 0.3) is 0 Å². The molecule has 1 saturated heterocycles. The first kappa shape index (κ1) is 12.2. The fourth-order valence-electron chi connectivity index (χ4n) is 2.16. The second-order valence-corrected chi connectivity index (χ2v) is 4.24. The molecule has 1 aromatic rings. The molecule has 1 aromatic carbocycles. The van der Waals surface area contributed by atoms with Gasteiger partial charge in [0, 0.05) is 25.7 Å². The largest absolute Gasteiger partial charge is 0.497 e. The molecule has 0 bridgehead atoms. The molecule has 0 saturated carbocycles. The molecular formula is C13H20N2O2. The van der Waals surface area contributed by atoms with Gasteiger partial charge in [0.2, 0.25) is 0 Å². The molecule has 2 rings (SSSR count). The van der Waals surface area contributed by atoms with Gasteiger partial charge in [-0.1, -0.05) is 0 Å². The monoisotopic (exact) mass is 236 g/mol. The van der Waals surface area contributed by atoms with E-state index in [2.05, 4.69) is 16.7 Å². The predicted molar refractivity (Wildman–Crippen MR) is 67.9 cm³/mol. The number of rotatable bonds is 4. The highest BCUT2D eigenvalue weighted by atomic mass is 16.5. The van der Waals surface area contributed by atoms with Crippen LogP contribution in [-0.4, -0.2) is 39.9 Å². The summed E-state index contributed by atoms with van der Waals surface area (Å²) < 4.78 is 10.6. The molecule has 1 heterocycles. The maximum Gasteiger partial charge on any atom is 0.122 e. The Morgan fingerprint density at radius 3 is 2.76 bits per heavy atom. The lowest BCUT2D eigenvalue weighted by Gasteiger charge is -2.25. The van der Waals surface area contributed by atoms with Crippen LogP contribution in [0.3, 0.4) is 0 Å². The zero-order valence-electron chi connectivity index (χ0n) is 10.5. The van der Waals surface area contributed by atoms with E-state index in [4.69, 9.17) is 9.47 Å². The zero-order valence-corrected chi connectivity index (χ0v) is 10.5. The van der Waals surface area contributed by atoms with Crippen molar-refractivity contribution in [2.75, 3.05) is 33.9 Å². The van der Waals surface area contributed by atoms with Crippen LogP contribution in [0.1, 0.15) is 5.56 Å². The summed E-state index contributed by atoms with van der Waals surface area (Å²) in [6.07, 6.45) is 0.952.